The van der Waals surface area contributed by atoms with Crippen LogP contribution in [-0.2, 0) is 11.2 Å². The van der Waals surface area contributed by atoms with Crippen molar-refractivity contribution in [2.24, 2.45) is 16.8 Å². The second kappa shape index (κ2) is 7.93. The van der Waals surface area contributed by atoms with Crippen molar-refractivity contribution in [1.29, 1.82) is 0 Å². The van der Waals surface area contributed by atoms with E-state index >= 15 is 0 Å². The van der Waals surface area contributed by atoms with Crippen LogP contribution in [0, 0.1) is 5.92 Å². The van der Waals surface area contributed by atoms with Crippen LogP contribution >= 0.6 is 11.8 Å². The van der Waals surface area contributed by atoms with Gasteiger partial charge in [0.2, 0.25) is 5.91 Å². The molecule has 0 bridgehead atoms. The molecule has 5 nitrogen and oxygen atoms in total. The zero-order chi connectivity index (χ0) is 15.1. The van der Waals surface area contributed by atoms with Crippen molar-refractivity contribution in [3.05, 3.63) is 35.4 Å². The van der Waals surface area contributed by atoms with Crippen molar-refractivity contribution in [3.63, 3.8) is 0 Å². The molecule has 1 aliphatic heterocycles. The maximum absolute atomic E-state index is 11.9. The highest BCUT2D eigenvalue weighted by Crippen LogP contribution is 2.21. The summed E-state index contributed by atoms with van der Waals surface area (Å²) in [6.07, 6.45) is 2.75. The minimum atomic E-state index is 0.0461. The van der Waals surface area contributed by atoms with Crippen molar-refractivity contribution < 1.29 is 10.0 Å². The number of amidine groups is 1. The predicted octanol–water partition coefficient (Wildman–Crippen LogP) is 1.58. The predicted molar refractivity (Wildman–Crippen MR) is 85.7 cm³/mol. The normalized spacial score (nSPS) is 16.7. The highest BCUT2D eigenvalue weighted by Gasteiger charge is 2.14. The fourth-order valence-corrected chi connectivity index (χ4v) is 3.51. The summed E-state index contributed by atoms with van der Waals surface area (Å²) in [7, 11) is 0. The van der Waals surface area contributed by atoms with Crippen LogP contribution in [0.5, 0.6) is 0 Å². The fourth-order valence-electron chi connectivity index (χ4n) is 2.31. The molecule has 6 heteroatoms. The van der Waals surface area contributed by atoms with Crippen molar-refractivity contribution in [2.45, 2.75) is 19.3 Å². The van der Waals surface area contributed by atoms with Gasteiger partial charge in [0.1, 0.15) is 0 Å². The average molecular weight is 307 g/mol. The molecule has 1 aliphatic rings. The number of hydrogen-bond donors (Lipinski definition) is 3. The van der Waals surface area contributed by atoms with Gasteiger partial charge in [-0.15, -0.1) is 0 Å². The van der Waals surface area contributed by atoms with Gasteiger partial charge in [-0.05, 0) is 35.8 Å². The van der Waals surface area contributed by atoms with Gasteiger partial charge in [-0.1, -0.05) is 29.4 Å². The summed E-state index contributed by atoms with van der Waals surface area (Å²) in [5.41, 5.74) is 7.05. The Balaban J connectivity index is 1.79. The number of carbonyl (C=O) groups is 1. The van der Waals surface area contributed by atoms with Crippen molar-refractivity contribution in [3.8, 4) is 0 Å². The third-order valence-corrected chi connectivity index (χ3v) is 4.70. The van der Waals surface area contributed by atoms with Crippen molar-refractivity contribution in [1.82, 2.24) is 5.32 Å². The smallest absolute Gasteiger partial charge is 0.224 e. The minimum Gasteiger partial charge on any atom is -0.409 e. The van der Waals surface area contributed by atoms with Gasteiger partial charge in [-0.3, -0.25) is 4.79 Å². The largest absolute Gasteiger partial charge is 0.409 e. The molecule has 0 saturated carbocycles. The molecule has 1 fully saturated rings. The third kappa shape index (κ3) is 4.97. The van der Waals surface area contributed by atoms with Gasteiger partial charge in [0.25, 0.3) is 0 Å². The van der Waals surface area contributed by atoms with Crippen LogP contribution in [0.15, 0.2) is 29.4 Å². The number of carbonyl (C=O) groups excluding carboxylic acids is 1. The molecule has 2 rings (SSSR count). The quantitative estimate of drug-likeness (QED) is 0.333. The van der Waals surface area contributed by atoms with Crippen molar-refractivity contribution in [2.75, 3.05) is 18.1 Å². The summed E-state index contributed by atoms with van der Waals surface area (Å²) >= 11 is 1.99. The van der Waals surface area contributed by atoms with E-state index in [9.17, 15) is 4.79 Å². The number of nitrogens with two attached hydrogens (primary N) is 1. The first-order valence-electron chi connectivity index (χ1n) is 7.10. The Morgan fingerprint density at radius 2 is 2.00 bits per heavy atom. The standard InChI is InChI=1S/C15H21N3O2S/c16-15(18-20)13-3-1-11(2-4-13)9-14(19)17-10-12-5-7-21-8-6-12/h1-4,12,20H,5-10H2,(H2,16,18)(H,17,19). The number of thioether (sulfide) groups is 1. The summed E-state index contributed by atoms with van der Waals surface area (Å²) in [6, 6.07) is 7.14. The molecule has 4 N–H and O–H groups in total. The van der Waals surface area contributed by atoms with Gasteiger partial charge in [0.15, 0.2) is 5.84 Å². The molecular formula is C15H21N3O2S. The van der Waals surface area contributed by atoms with E-state index in [0.717, 1.165) is 12.1 Å². The average Bonchev–Trinajstić information content (AvgIpc) is 2.54. The molecule has 1 amide bonds. The van der Waals surface area contributed by atoms with E-state index in [-0.39, 0.29) is 11.7 Å². The van der Waals surface area contributed by atoms with E-state index in [1.165, 1.54) is 24.3 Å². The zero-order valence-electron chi connectivity index (χ0n) is 11.9. The number of rotatable bonds is 5. The van der Waals surface area contributed by atoms with Crippen LogP contribution in [0.4, 0.5) is 0 Å². The third-order valence-electron chi connectivity index (χ3n) is 3.65. The molecule has 0 unspecified atom stereocenters. The summed E-state index contributed by atoms with van der Waals surface area (Å²) < 4.78 is 0. The summed E-state index contributed by atoms with van der Waals surface area (Å²) in [4.78, 5) is 11.9. The summed E-state index contributed by atoms with van der Waals surface area (Å²) in [5, 5.41) is 14.6. The van der Waals surface area contributed by atoms with Crippen LogP contribution in [-0.4, -0.2) is 35.0 Å². The molecular weight excluding hydrogens is 286 g/mol. The number of amides is 1. The Labute approximate surface area is 129 Å². The molecule has 1 saturated heterocycles. The number of benzene rings is 1. The summed E-state index contributed by atoms with van der Waals surface area (Å²) in [6.45, 7) is 0.779. The Morgan fingerprint density at radius 1 is 1.33 bits per heavy atom. The lowest BCUT2D eigenvalue weighted by Crippen LogP contribution is -2.32. The molecule has 0 aliphatic carbocycles. The molecule has 1 aromatic rings. The lowest BCUT2D eigenvalue weighted by Gasteiger charge is -2.21. The number of oxime groups is 1. The molecule has 21 heavy (non-hydrogen) atoms. The molecule has 0 spiro atoms. The Morgan fingerprint density at radius 3 is 2.62 bits per heavy atom. The van der Waals surface area contributed by atoms with Gasteiger partial charge in [-0.25, -0.2) is 0 Å². The van der Waals surface area contributed by atoms with E-state index in [0.29, 0.717) is 17.9 Å². The lowest BCUT2D eigenvalue weighted by molar-refractivity contribution is -0.120. The lowest BCUT2D eigenvalue weighted by atomic mass is 10.0. The van der Waals surface area contributed by atoms with E-state index in [4.69, 9.17) is 10.9 Å². The maximum atomic E-state index is 11.9. The van der Waals surface area contributed by atoms with E-state index in [1.54, 1.807) is 12.1 Å². The second-order valence-corrected chi connectivity index (χ2v) is 6.44. The number of nitrogens with zero attached hydrogens (tertiary/aromatic N) is 1. The first-order valence-corrected chi connectivity index (χ1v) is 8.26. The van der Waals surface area contributed by atoms with E-state index < -0.39 is 0 Å². The maximum Gasteiger partial charge on any atom is 0.224 e. The van der Waals surface area contributed by atoms with Crippen LogP contribution in [0.2, 0.25) is 0 Å². The monoisotopic (exact) mass is 307 g/mol. The first kappa shape index (κ1) is 15.7. The highest BCUT2D eigenvalue weighted by molar-refractivity contribution is 7.99. The van der Waals surface area contributed by atoms with Gasteiger partial charge < -0.3 is 16.3 Å². The van der Waals surface area contributed by atoms with Gasteiger partial charge in [0.05, 0.1) is 6.42 Å². The zero-order valence-corrected chi connectivity index (χ0v) is 12.7. The minimum absolute atomic E-state index is 0.0461. The molecule has 0 radical (unpaired) electrons. The Hall–Kier alpha value is -1.69. The van der Waals surface area contributed by atoms with Crippen LogP contribution in [0.25, 0.3) is 0 Å². The van der Waals surface area contributed by atoms with Gasteiger partial charge >= 0.3 is 0 Å². The topological polar surface area (TPSA) is 87.7 Å². The summed E-state index contributed by atoms with van der Waals surface area (Å²) in [5.74, 6) is 3.15. The number of hydrogen-bond acceptors (Lipinski definition) is 4. The van der Waals surface area contributed by atoms with E-state index in [1.807, 2.05) is 23.9 Å². The Bertz CT molecular complexity index is 496. The molecule has 114 valence electrons. The van der Waals surface area contributed by atoms with Gasteiger partial charge in [-0.2, -0.15) is 11.8 Å². The molecule has 1 heterocycles. The van der Waals surface area contributed by atoms with Crippen LogP contribution < -0.4 is 11.1 Å². The molecule has 0 atom stereocenters. The Kier molecular flexibility index (Phi) is 5.92. The second-order valence-electron chi connectivity index (χ2n) is 5.22. The van der Waals surface area contributed by atoms with Gasteiger partial charge in [0, 0.05) is 12.1 Å². The number of nitrogens with one attached hydrogen (secondary N) is 1. The van der Waals surface area contributed by atoms with E-state index in [2.05, 4.69) is 10.5 Å². The molecule has 0 aromatic heterocycles. The molecule has 1 aromatic carbocycles. The van der Waals surface area contributed by atoms with Crippen LogP contribution in [0.1, 0.15) is 24.0 Å². The first-order chi connectivity index (χ1) is 10.2. The highest BCUT2D eigenvalue weighted by atomic mass is 32.2. The van der Waals surface area contributed by atoms with Crippen LogP contribution in [0.3, 0.4) is 0 Å². The fraction of sp³-hybridized carbons (Fsp3) is 0.467. The SMILES string of the molecule is N/C(=N/O)c1ccc(CC(=O)NCC2CCSCC2)cc1. The van der Waals surface area contributed by atoms with Crippen molar-refractivity contribution >= 4 is 23.5 Å².